The number of hydrogen-bond acceptors (Lipinski definition) is 22. The number of carbonyl (C=O) groups excluding carboxylic acids is 7. The van der Waals surface area contributed by atoms with E-state index in [0.29, 0.717) is 124 Å². The second-order valence-corrected chi connectivity index (χ2v) is 35.6. The normalized spacial score (nSPS) is 12.6. The van der Waals surface area contributed by atoms with Gasteiger partial charge >= 0.3 is 23.9 Å². The van der Waals surface area contributed by atoms with Crippen LogP contribution in [0, 0.1) is 6.92 Å². The molecule has 4 amide bonds. The highest BCUT2D eigenvalue weighted by Gasteiger charge is 2.29. The Kier molecular flexibility index (Phi) is 44.2. The highest BCUT2D eigenvalue weighted by atomic mass is 35.5. The number of halogens is 4. The van der Waals surface area contributed by atoms with Crippen molar-refractivity contribution in [1.29, 1.82) is 0 Å². The largest absolute Gasteiger partial charge is 0.480 e. The molecule has 0 aliphatic carbocycles. The summed E-state index contributed by atoms with van der Waals surface area (Å²) in [4.78, 5) is 157. The van der Waals surface area contributed by atoms with Crippen molar-refractivity contribution in [1.82, 2.24) is 36.2 Å². The van der Waals surface area contributed by atoms with E-state index in [1.807, 2.05) is 159 Å². The maximum absolute atomic E-state index is 12.9. The number of aliphatic imine (C=N–C) groups is 2. The first-order chi connectivity index (χ1) is 68.9. The van der Waals surface area contributed by atoms with Crippen LogP contribution in [0.4, 0.5) is 17.5 Å². The molecule has 0 fully saturated rings. The fraction of sp³-hybridized carbons (Fsp3) is 0.241. The summed E-state index contributed by atoms with van der Waals surface area (Å²) in [5.74, 6) is -2.86. The molecule has 5 atom stereocenters. The molecular formula is C108H109Cl4N15O15S. The molecule has 143 heavy (non-hydrogen) atoms. The van der Waals surface area contributed by atoms with E-state index in [0.717, 1.165) is 72.4 Å². The molecule has 1 aliphatic rings. The maximum atomic E-state index is 12.9. The molecule has 13 N–H and O–H groups in total. The summed E-state index contributed by atoms with van der Waals surface area (Å²) in [5.41, 5.74) is 15.8. The number of ketones is 3. The summed E-state index contributed by atoms with van der Waals surface area (Å²) in [7, 11) is 0. The lowest BCUT2D eigenvalue weighted by Gasteiger charge is -2.16. The Morgan fingerprint density at radius 1 is 0.406 bits per heavy atom. The van der Waals surface area contributed by atoms with Crippen LogP contribution in [-0.2, 0) is 78.5 Å². The highest BCUT2D eigenvalue weighted by molar-refractivity contribution is 7.98. The van der Waals surface area contributed by atoms with Crippen molar-refractivity contribution < 1.29 is 73.2 Å². The molecule has 0 radical (unpaired) electrons. The molecule has 12 aromatic rings. The van der Waals surface area contributed by atoms with Crippen molar-refractivity contribution in [3.05, 3.63) is 372 Å². The number of anilines is 3. The predicted molar refractivity (Wildman–Crippen MR) is 558 cm³/mol. The van der Waals surface area contributed by atoms with E-state index in [4.69, 9.17) is 52.1 Å². The number of amides is 4. The molecule has 740 valence electrons. The fourth-order valence-electron chi connectivity index (χ4n) is 14.5. The van der Waals surface area contributed by atoms with E-state index in [2.05, 4.69) is 72.4 Å². The smallest absolute Gasteiger partial charge is 0.326 e. The van der Waals surface area contributed by atoms with Crippen LogP contribution in [-0.4, -0.2) is 169 Å². The minimum atomic E-state index is -1.18. The number of amidine groups is 2. The minimum Gasteiger partial charge on any atom is -0.480 e. The number of hydrogen-bond donors (Lipinski definition) is 12. The maximum Gasteiger partial charge on any atom is 0.326 e. The van der Waals surface area contributed by atoms with E-state index in [-0.39, 0.29) is 74.3 Å². The second-order valence-electron chi connectivity index (χ2n) is 33.1. The summed E-state index contributed by atoms with van der Waals surface area (Å²) in [6.45, 7) is 6.20. The Bertz CT molecular complexity index is 6390. The number of carbonyl (C=O) groups is 11. The van der Waals surface area contributed by atoms with Gasteiger partial charge in [-0.25, -0.2) is 39.1 Å². The van der Waals surface area contributed by atoms with Crippen molar-refractivity contribution in [2.24, 2.45) is 25.9 Å². The van der Waals surface area contributed by atoms with Crippen LogP contribution < -0.4 is 43.0 Å². The minimum absolute atomic E-state index is 0.0336. The zero-order valence-electron chi connectivity index (χ0n) is 78.6. The number of nitrogens with one attached hydrogen (secondary N) is 7. The molecule has 30 nitrogen and oxygen atoms in total. The van der Waals surface area contributed by atoms with Gasteiger partial charge in [0.25, 0.3) is 23.6 Å². The monoisotopic (exact) mass is 2030 g/mol. The predicted octanol–water partition coefficient (Wildman–Crippen LogP) is 18.6. The summed E-state index contributed by atoms with van der Waals surface area (Å²) in [5, 5.41) is 67.2. The van der Waals surface area contributed by atoms with Crippen LogP contribution in [0.2, 0.25) is 20.1 Å². The molecule has 9 aromatic carbocycles. The Morgan fingerprint density at radius 2 is 0.783 bits per heavy atom. The third kappa shape index (κ3) is 37.4. The topological polar surface area (TPSA) is 467 Å². The molecule has 4 heterocycles. The molecule has 0 saturated carbocycles. The third-order valence-electron chi connectivity index (χ3n) is 22.0. The molecule has 1 aliphatic heterocycles. The fourth-order valence-corrected chi connectivity index (χ4v) is 16.3. The number of rotatable bonds is 47. The van der Waals surface area contributed by atoms with Gasteiger partial charge in [0.1, 0.15) is 64.8 Å². The van der Waals surface area contributed by atoms with E-state index in [1.165, 1.54) is 36.0 Å². The second kappa shape index (κ2) is 57.5. The standard InChI is InChI=1S/C32H31N3O4.C27H27Cl2N3O4.C27H29N3O4S.C22H22Cl2N6O3/c36-28(12-7-19-34-30-13-4-5-18-33-30)20-23-14-16-24(17-15-23)21-29(32(38)39)35-31(37)27-11-6-10-26(22-27)25-8-2-1-3-9-25;1-17-11-13-31-24(14-17)30-12-3-4-20(33)15-18-7-9-19(10-8-18)16-23(27(35)36)32-26(34)25-21(28)5-2-6-22(25)29;1-35-24-9-3-2-8-22(24)26(32)30-23(27(33)34)18-20-13-11-19(12-14-20)17-21(31)7-6-16-29-25-10-4-5-15-28-25;1-12(25)26-10-9-18-28-20(30-29-18)14-7-5-13(6-8-14)11-17(22(32)33)27-21(31)19-15(23)3-2-4-16(19)24/h1-6,8-11,13-18,22,29H,7,12,19-21H2,(H,33,34)(H,35,37)(H,38,39);2,5-11,13-14,23H,3-4,12,15-16H2,1H3,(H,30,31)(H,32,34)(H,35,36);2-5,8-15,23H,6-7,16-18H2,1H3,(H,28,29)(H,30,32)(H,33,34);2-8,17,20H,9-11H2,1H3,(H2,25,26)(H,27,31)(H,32,33)/t29-;2*23-;17-,20?/m0000/s1. The van der Waals surface area contributed by atoms with Crippen molar-refractivity contribution in [3.8, 4) is 11.1 Å². The number of Topliss-reactive ketones (excluding diaryl/α,β-unsaturated/α-hetero) is 3. The zero-order valence-corrected chi connectivity index (χ0v) is 82.4. The SMILES string of the molecule is CC(N)=NCCC1=NC(c2ccc(C[C@H](NC(=O)c3c(Cl)cccc3Cl)C(=O)O)cc2)N=N1.CSc1ccccc1C(=O)N[C@@H](Cc1ccc(CC(=O)CCCNc2ccccn2)cc1)C(=O)O.Cc1ccnc(NCCCC(=O)Cc2ccc(C[C@H](NC(=O)c3c(Cl)cccc3Cl)C(=O)O)cc2)c1.O=C(CCCNc1ccccn1)Cc1ccc(C[C@H](NC(=O)c2cccc(-c3ccccc3)c2)C(=O)O)cc1. The summed E-state index contributed by atoms with van der Waals surface area (Å²) in [6, 6.07) is 72.6. The Hall–Kier alpha value is -15.2. The lowest BCUT2D eigenvalue weighted by atomic mass is 10.00. The van der Waals surface area contributed by atoms with E-state index >= 15 is 0 Å². The van der Waals surface area contributed by atoms with Crippen molar-refractivity contribution in [3.63, 3.8) is 0 Å². The molecule has 35 heteroatoms. The van der Waals surface area contributed by atoms with Gasteiger partial charge in [0.15, 0.2) is 6.17 Å². The summed E-state index contributed by atoms with van der Waals surface area (Å²) < 4.78 is 0. The number of aromatic nitrogens is 3. The van der Waals surface area contributed by atoms with E-state index in [1.54, 1.807) is 117 Å². The van der Waals surface area contributed by atoms with Crippen molar-refractivity contribution in [2.45, 2.75) is 139 Å². The number of aliphatic carboxylic acids is 4. The molecule has 1 unspecified atom stereocenters. The number of benzene rings is 9. The Labute approximate surface area is 852 Å². The quantitative estimate of drug-likeness (QED) is 0.00729. The summed E-state index contributed by atoms with van der Waals surface area (Å²) >= 11 is 25.6. The van der Waals surface area contributed by atoms with E-state index < -0.39 is 77.8 Å². The third-order valence-corrected chi connectivity index (χ3v) is 24.1. The van der Waals surface area contributed by atoms with Gasteiger partial charge < -0.3 is 63.4 Å². The number of pyridine rings is 3. The average molecular weight is 2030 g/mol. The van der Waals surface area contributed by atoms with Crippen molar-refractivity contribution >= 4 is 152 Å². The number of carboxylic acids is 4. The molecule has 0 spiro atoms. The van der Waals surface area contributed by atoms with Gasteiger partial charge in [0, 0.05) is 131 Å². The van der Waals surface area contributed by atoms with Crippen LogP contribution in [0.3, 0.4) is 0 Å². The number of azo groups is 1. The Balaban J connectivity index is 0.000000196. The van der Waals surface area contributed by atoms with Crippen LogP contribution in [0.25, 0.3) is 11.1 Å². The highest BCUT2D eigenvalue weighted by Crippen LogP contribution is 2.30. The van der Waals surface area contributed by atoms with E-state index in [9.17, 15) is 73.2 Å². The molecular weight excluding hydrogens is 1920 g/mol. The zero-order chi connectivity index (χ0) is 103. The average Bonchev–Trinajstić information content (AvgIpc) is 1.66. The number of carboxylic acid groups (broad SMARTS) is 4. The van der Waals surface area contributed by atoms with Gasteiger partial charge in [-0.3, -0.25) is 38.6 Å². The van der Waals surface area contributed by atoms with Gasteiger partial charge in [-0.15, -0.1) is 16.9 Å². The number of thioether (sulfide) groups is 1. The van der Waals surface area contributed by atoms with Crippen LogP contribution in [0.1, 0.15) is 150 Å². The number of nitrogens with two attached hydrogens (primary N) is 1. The van der Waals surface area contributed by atoms with Crippen LogP contribution >= 0.6 is 58.2 Å². The first-order valence-corrected chi connectivity index (χ1v) is 48.5. The first-order valence-electron chi connectivity index (χ1n) is 45.8. The Morgan fingerprint density at radius 3 is 1.20 bits per heavy atom. The first kappa shape index (κ1) is 110. The van der Waals surface area contributed by atoms with Gasteiger partial charge in [-0.2, -0.15) is 5.11 Å². The number of aryl methyl sites for hydroxylation is 1. The molecule has 0 bridgehead atoms. The van der Waals surface area contributed by atoms with Crippen LogP contribution in [0.15, 0.2) is 305 Å². The summed E-state index contributed by atoms with van der Waals surface area (Å²) in [6.07, 6.45) is 12.0. The lowest BCUT2D eigenvalue weighted by molar-refractivity contribution is -0.140. The molecule has 13 rings (SSSR count). The van der Waals surface area contributed by atoms with Gasteiger partial charge in [-0.05, 0) is 180 Å². The molecule has 3 aromatic heterocycles. The van der Waals surface area contributed by atoms with Crippen molar-refractivity contribution in [2.75, 3.05) is 48.4 Å². The van der Waals surface area contributed by atoms with Crippen LogP contribution in [0.5, 0.6) is 0 Å². The van der Waals surface area contributed by atoms with Gasteiger partial charge in [-0.1, -0.05) is 222 Å². The molecule has 0 saturated heterocycles. The number of nitrogens with zero attached hydrogens (tertiary/aromatic N) is 7. The lowest BCUT2D eigenvalue weighted by Crippen LogP contribution is -2.42. The van der Waals surface area contributed by atoms with Gasteiger partial charge in [0.05, 0.1) is 42.6 Å². The van der Waals surface area contributed by atoms with Gasteiger partial charge in [0.2, 0.25) is 0 Å².